The van der Waals surface area contributed by atoms with Crippen molar-refractivity contribution >= 4 is 11.5 Å². The van der Waals surface area contributed by atoms with Crippen molar-refractivity contribution in [3.63, 3.8) is 0 Å². The number of phenolic OH excluding ortho intramolecular Hbond substituents is 2. The fraction of sp³-hybridized carbons (Fsp3) is 0.481. The van der Waals surface area contributed by atoms with E-state index in [9.17, 15) is 30.3 Å². The summed E-state index contributed by atoms with van der Waals surface area (Å²) < 4.78 is 17.3. The topological polar surface area (TPSA) is 196 Å². The molecule has 8 N–H and O–H groups in total. The summed E-state index contributed by atoms with van der Waals surface area (Å²) in [5.41, 5.74) is 4.46. The second-order valence-electron chi connectivity index (χ2n) is 10.3. The van der Waals surface area contributed by atoms with Crippen LogP contribution < -0.4 is 10.5 Å². The maximum absolute atomic E-state index is 13.6. The van der Waals surface area contributed by atoms with Gasteiger partial charge in [-0.3, -0.25) is 10.2 Å². The van der Waals surface area contributed by atoms with E-state index < -0.39 is 53.5 Å². The first-order valence-electron chi connectivity index (χ1n) is 12.5. The Bertz CT molecular complexity index is 1300. The molecule has 0 radical (unpaired) electrons. The van der Waals surface area contributed by atoms with E-state index in [4.69, 9.17) is 25.4 Å². The Hall–Kier alpha value is -3.06. The molecule has 11 nitrogen and oxygen atoms in total. The van der Waals surface area contributed by atoms with E-state index in [1.807, 2.05) is 0 Å². The third-order valence-electron chi connectivity index (χ3n) is 7.84. The Morgan fingerprint density at radius 1 is 1.21 bits per heavy atom. The van der Waals surface area contributed by atoms with Crippen molar-refractivity contribution in [3.05, 3.63) is 51.6 Å². The molecule has 2 aliphatic carbocycles. The van der Waals surface area contributed by atoms with Gasteiger partial charge in [-0.2, -0.15) is 0 Å². The average molecular weight is 529 g/mol. The second-order valence-corrected chi connectivity index (χ2v) is 10.3. The molecule has 0 spiro atoms. The number of rotatable bonds is 5. The Labute approximate surface area is 218 Å². The largest absolute Gasteiger partial charge is 0.507 e. The zero-order chi connectivity index (χ0) is 27.5. The highest BCUT2D eigenvalue weighted by atomic mass is 16.7. The van der Waals surface area contributed by atoms with Crippen LogP contribution in [0.4, 0.5) is 0 Å². The minimum Gasteiger partial charge on any atom is -0.507 e. The van der Waals surface area contributed by atoms with Crippen LogP contribution in [0.25, 0.3) is 0 Å². The molecule has 1 aliphatic heterocycles. The zero-order valence-electron chi connectivity index (χ0n) is 21.1. The summed E-state index contributed by atoms with van der Waals surface area (Å²) in [6.07, 6.45) is -3.64. The van der Waals surface area contributed by atoms with E-state index in [0.29, 0.717) is 0 Å². The SMILES string of the molecule is COc1cccc2c1C(=N)c1c(O)c3c(c(O)c1C2=O)C[C@@](O)(CCO)C[C@@H]3O[C@@H]1C[C@H](N)[C@@H](O)[C@H](C)O1. The van der Waals surface area contributed by atoms with Gasteiger partial charge in [-0.05, 0) is 19.4 Å². The number of carbonyl (C=O) groups is 1. The van der Waals surface area contributed by atoms with Gasteiger partial charge >= 0.3 is 0 Å². The molecular weight excluding hydrogens is 496 g/mol. The molecule has 6 atom stereocenters. The van der Waals surface area contributed by atoms with Crippen LogP contribution in [0.2, 0.25) is 0 Å². The smallest absolute Gasteiger partial charge is 0.198 e. The molecule has 5 rings (SSSR count). The van der Waals surface area contributed by atoms with Crippen LogP contribution in [-0.2, 0) is 15.9 Å². The van der Waals surface area contributed by atoms with Crippen molar-refractivity contribution in [2.24, 2.45) is 5.73 Å². The van der Waals surface area contributed by atoms with E-state index >= 15 is 0 Å². The van der Waals surface area contributed by atoms with Gasteiger partial charge in [-0.1, -0.05) is 12.1 Å². The van der Waals surface area contributed by atoms with Crippen molar-refractivity contribution in [2.75, 3.05) is 13.7 Å². The van der Waals surface area contributed by atoms with Crippen LogP contribution >= 0.6 is 0 Å². The van der Waals surface area contributed by atoms with Crippen molar-refractivity contribution in [3.8, 4) is 17.2 Å². The number of hydrogen-bond acceptors (Lipinski definition) is 11. The van der Waals surface area contributed by atoms with Gasteiger partial charge in [-0.25, -0.2) is 0 Å². The number of aliphatic hydroxyl groups is 3. The molecule has 2 aromatic rings. The van der Waals surface area contributed by atoms with Crippen LogP contribution in [0, 0.1) is 5.41 Å². The molecule has 0 unspecified atom stereocenters. The van der Waals surface area contributed by atoms with E-state index in [1.54, 1.807) is 19.1 Å². The second kappa shape index (κ2) is 9.60. The Kier molecular flexibility index (Phi) is 6.70. The fourth-order valence-corrected chi connectivity index (χ4v) is 5.91. The lowest BCUT2D eigenvalue weighted by Gasteiger charge is -2.43. The van der Waals surface area contributed by atoms with Crippen molar-refractivity contribution in [1.29, 1.82) is 5.41 Å². The van der Waals surface area contributed by atoms with Gasteiger partial charge in [0.25, 0.3) is 0 Å². The van der Waals surface area contributed by atoms with Gasteiger partial charge < -0.3 is 45.5 Å². The number of ether oxygens (including phenoxy) is 3. The standard InChI is InChI=1S/C27H32N2O9/c1-11-23(31)14(28)8-17(37-11)38-16-10-27(35,6-7-30)9-13-19(16)26(34)20-21(25(13)33)24(32)12-4-3-5-15(36-2)18(12)22(20)29/h3-5,11,14,16-17,23,29-31,33-35H,6-10,28H2,1-2H3/t11-,14-,16-,17+,23-,27-/m0/s1. The van der Waals surface area contributed by atoms with Crippen LogP contribution in [0.1, 0.15) is 70.5 Å². The highest BCUT2D eigenvalue weighted by Gasteiger charge is 2.47. The van der Waals surface area contributed by atoms with Crippen molar-refractivity contribution in [2.45, 2.75) is 68.9 Å². The number of carbonyl (C=O) groups excluding carboxylic acids is 1. The summed E-state index contributed by atoms with van der Waals surface area (Å²) in [5.74, 6) is -1.22. The van der Waals surface area contributed by atoms with Crippen LogP contribution in [0.5, 0.6) is 17.2 Å². The lowest BCUT2D eigenvalue weighted by molar-refractivity contribution is -0.248. The molecule has 11 heteroatoms. The van der Waals surface area contributed by atoms with Crippen LogP contribution in [0.3, 0.4) is 0 Å². The van der Waals surface area contributed by atoms with Crippen molar-refractivity contribution < 1.29 is 44.5 Å². The maximum atomic E-state index is 13.6. The number of aliphatic hydroxyl groups excluding tert-OH is 2. The first kappa shape index (κ1) is 26.5. The number of phenols is 2. The number of nitrogens with two attached hydrogens (primary N) is 1. The maximum Gasteiger partial charge on any atom is 0.198 e. The summed E-state index contributed by atoms with van der Waals surface area (Å²) in [6.45, 7) is 1.30. The molecule has 204 valence electrons. The summed E-state index contributed by atoms with van der Waals surface area (Å²) in [7, 11) is 1.41. The number of ketones is 1. The predicted molar refractivity (Wildman–Crippen MR) is 134 cm³/mol. The van der Waals surface area contributed by atoms with E-state index in [2.05, 4.69) is 0 Å². The third kappa shape index (κ3) is 4.06. The number of nitrogens with one attached hydrogen (secondary N) is 1. The Morgan fingerprint density at radius 2 is 1.95 bits per heavy atom. The van der Waals surface area contributed by atoms with Crippen molar-refractivity contribution in [1.82, 2.24) is 0 Å². The number of aromatic hydroxyl groups is 2. The quantitative estimate of drug-likeness (QED) is 0.235. The van der Waals surface area contributed by atoms with Gasteiger partial charge in [0.1, 0.15) is 17.2 Å². The molecule has 1 saturated heterocycles. The minimum atomic E-state index is -1.53. The molecule has 0 amide bonds. The Morgan fingerprint density at radius 3 is 2.61 bits per heavy atom. The molecule has 38 heavy (non-hydrogen) atoms. The normalized spacial score (nSPS) is 30.4. The van der Waals surface area contributed by atoms with E-state index in [0.717, 1.165) is 0 Å². The van der Waals surface area contributed by atoms with E-state index in [-0.39, 0.29) is 77.1 Å². The summed E-state index contributed by atoms with van der Waals surface area (Å²) in [6, 6.07) is 4.07. The molecule has 0 saturated carbocycles. The first-order valence-corrected chi connectivity index (χ1v) is 12.5. The molecule has 2 aromatic carbocycles. The number of hydrogen-bond donors (Lipinski definition) is 7. The molecule has 0 aromatic heterocycles. The van der Waals surface area contributed by atoms with Gasteiger partial charge in [-0.15, -0.1) is 0 Å². The van der Waals surface area contributed by atoms with Crippen LogP contribution in [0.15, 0.2) is 18.2 Å². The monoisotopic (exact) mass is 528 g/mol. The molecular formula is C27H32N2O9. The first-order chi connectivity index (χ1) is 18.0. The molecule has 3 aliphatic rings. The number of methoxy groups -OCH3 is 1. The lowest BCUT2D eigenvalue weighted by atomic mass is 9.72. The number of fused-ring (bicyclic) bond motifs is 3. The van der Waals surface area contributed by atoms with Gasteiger partial charge in [0.2, 0.25) is 0 Å². The zero-order valence-corrected chi connectivity index (χ0v) is 21.1. The fourth-order valence-electron chi connectivity index (χ4n) is 5.91. The lowest BCUT2D eigenvalue weighted by Crippen LogP contribution is -2.52. The van der Waals surface area contributed by atoms with Crippen LogP contribution in [-0.4, -0.2) is 80.9 Å². The summed E-state index contributed by atoms with van der Waals surface area (Å²) >= 11 is 0. The average Bonchev–Trinajstić information content (AvgIpc) is 2.87. The molecule has 1 fully saturated rings. The third-order valence-corrected chi connectivity index (χ3v) is 7.84. The minimum absolute atomic E-state index is 0.0481. The van der Waals surface area contributed by atoms with E-state index in [1.165, 1.54) is 13.2 Å². The van der Waals surface area contributed by atoms with Gasteiger partial charge in [0.15, 0.2) is 12.1 Å². The highest BCUT2D eigenvalue weighted by molar-refractivity contribution is 6.32. The van der Waals surface area contributed by atoms with Gasteiger partial charge in [0.05, 0.1) is 53.4 Å². The number of benzene rings is 2. The summed E-state index contributed by atoms with van der Waals surface area (Å²) in [4.78, 5) is 13.6. The molecule has 1 heterocycles. The Balaban J connectivity index is 1.66. The molecule has 0 bridgehead atoms. The predicted octanol–water partition coefficient (Wildman–Crippen LogP) is 1.01. The van der Waals surface area contributed by atoms with Gasteiger partial charge in [0, 0.05) is 48.6 Å². The highest BCUT2D eigenvalue weighted by Crippen LogP contribution is 2.52. The summed E-state index contributed by atoms with van der Waals surface area (Å²) in [5, 5.41) is 63.0.